The first kappa shape index (κ1) is 22.8. The van der Waals surface area contributed by atoms with Gasteiger partial charge in [0.25, 0.3) is 5.91 Å². The highest BCUT2D eigenvalue weighted by Gasteiger charge is 2.41. The number of carbonyl (C=O) groups excluding carboxylic acids is 2. The van der Waals surface area contributed by atoms with Crippen molar-refractivity contribution in [2.24, 2.45) is 0 Å². The molecular formula is C24H27N3O5S. The molecule has 2 aromatic rings. The summed E-state index contributed by atoms with van der Waals surface area (Å²) in [6.07, 6.45) is 1.59. The summed E-state index contributed by atoms with van der Waals surface area (Å²) in [4.78, 5) is 28.8. The maximum atomic E-state index is 12.8. The third-order valence-electron chi connectivity index (χ3n) is 5.59. The third-order valence-corrected chi connectivity index (χ3v) is 6.10. The van der Waals surface area contributed by atoms with Gasteiger partial charge in [-0.15, -0.1) is 0 Å². The van der Waals surface area contributed by atoms with E-state index in [1.54, 1.807) is 19.2 Å². The van der Waals surface area contributed by atoms with E-state index in [4.69, 9.17) is 26.4 Å². The molecule has 0 saturated carbocycles. The summed E-state index contributed by atoms with van der Waals surface area (Å²) in [6, 6.07) is 12.3. The van der Waals surface area contributed by atoms with Crippen LogP contribution in [0.3, 0.4) is 0 Å². The predicted octanol–water partition coefficient (Wildman–Crippen LogP) is 3.20. The van der Waals surface area contributed by atoms with Gasteiger partial charge in [0.15, 0.2) is 16.6 Å². The molecule has 2 aromatic carbocycles. The number of hydrogen-bond donors (Lipinski definition) is 1. The first-order valence-corrected chi connectivity index (χ1v) is 11.4. The quantitative estimate of drug-likeness (QED) is 0.565. The lowest BCUT2D eigenvalue weighted by atomic mass is 10.1. The minimum absolute atomic E-state index is 0.0124. The van der Waals surface area contributed by atoms with Crippen LogP contribution in [0.1, 0.15) is 25.3 Å². The van der Waals surface area contributed by atoms with Crippen LogP contribution in [-0.2, 0) is 16.0 Å². The van der Waals surface area contributed by atoms with Crippen molar-refractivity contribution >= 4 is 34.8 Å². The van der Waals surface area contributed by atoms with E-state index in [9.17, 15) is 9.59 Å². The Bertz CT molecular complexity index is 1040. The van der Waals surface area contributed by atoms with Crippen LogP contribution in [0.15, 0.2) is 42.5 Å². The molecule has 2 heterocycles. The summed E-state index contributed by atoms with van der Waals surface area (Å²) in [5, 5.41) is 3.29. The normalized spacial score (nSPS) is 17.0. The van der Waals surface area contributed by atoms with E-state index in [2.05, 4.69) is 5.32 Å². The van der Waals surface area contributed by atoms with Gasteiger partial charge in [0.1, 0.15) is 11.8 Å². The van der Waals surface area contributed by atoms with E-state index in [-0.39, 0.29) is 25.0 Å². The molecule has 9 heteroatoms. The lowest BCUT2D eigenvalue weighted by molar-refractivity contribution is -0.130. The first-order valence-electron chi connectivity index (χ1n) is 11.0. The smallest absolute Gasteiger partial charge is 0.251 e. The number of carbonyl (C=O) groups is 2. The molecule has 2 aliphatic rings. The number of fused-ring (bicyclic) bond motifs is 1. The molecule has 1 saturated heterocycles. The van der Waals surface area contributed by atoms with Crippen LogP contribution in [0.5, 0.6) is 17.2 Å². The van der Waals surface area contributed by atoms with Gasteiger partial charge in [-0.05, 0) is 67.0 Å². The standard InChI is InChI=1S/C24H27N3O5S/c1-3-12-30-18-7-5-17(6-8-18)25-22(28)14-19-23(29)26(2)24(33)27(19)11-10-16-4-9-20-21(13-16)32-15-31-20/h4-9,13,19H,3,10-12,14-15H2,1-2H3,(H,25,28). The first-order chi connectivity index (χ1) is 16.0. The summed E-state index contributed by atoms with van der Waals surface area (Å²) < 4.78 is 16.4. The number of likely N-dealkylation sites (N-methyl/N-ethyl adjacent to an activating group) is 1. The van der Waals surface area contributed by atoms with Crippen LogP contribution in [0.25, 0.3) is 0 Å². The van der Waals surface area contributed by atoms with Crippen molar-refractivity contribution in [2.75, 3.05) is 32.3 Å². The number of nitrogens with zero attached hydrogens (tertiary/aromatic N) is 2. The molecule has 174 valence electrons. The number of benzene rings is 2. The molecular weight excluding hydrogens is 442 g/mol. The van der Waals surface area contributed by atoms with Gasteiger partial charge in [-0.1, -0.05) is 13.0 Å². The Kier molecular flexibility index (Phi) is 6.98. The molecule has 0 spiro atoms. The van der Waals surface area contributed by atoms with E-state index >= 15 is 0 Å². The second-order valence-corrected chi connectivity index (χ2v) is 8.32. The fraction of sp³-hybridized carbons (Fsp3) is 0.375. The van der Waals surface area contributed by atoms with Gasteiger partial charge < -0.3 is 24.4 Å². The van der Waals surface area contributed by atoms with Crippen molar-refractivity contribution in [2.45, 2.75) is 32.2 Å². The minimum atomic E-state index is -0.635. The lowest BCUT2D eigenvalue weighted by Crippen LogP contribution is -2.39. The van der Waals surface area contributed by atoms with Crippen molar-refractivity contribution in [1.82, 2.24) is 9.80 Å². The zero-order valence-electron chi connectivity index (χ0n) is 18.7. The molecule has 1 atom stereocenters. The van der Waals surface area contributed by atoms with Gasteiger partial charge in [0.2, 0.25) is 12.7 Å². The van der Waals surface area contributed by atoms with E-state index in [1.807, 2.05) is 42.2 Å². The number of hydrogen-bond acceptors (Lipinski definition) is 6. The average molecular weight is 470 g/mol. The Labute approximate surface area is 198 Å². The van der Waals surface area contributed by atoms with Crippen LogP contribution in [0.2, 0.25) is 0 Å². The van der Waals surface area contributed by atoms with E-state index in [1.165, 1.54) is 4.90 Å². The number of thiocarbonyl (C=S) groups is 1. The maximum Gasteiger partial charge on any atom is 0.251 e. The topological polar surface area (TPSA) is 80.3 Å². The number of ether oxygens (including phenoxy) is 3. The minimum Gasteiger partial charge on any atom is -0.494 e. The van der Waals surface area contributed by atoms with Crippen molar-refractivity contribution in [3.63, 3.8) is 0 Å². The van der Waals surface area contributed by atoms with Crippen LogP contribution in [0, 0.1) is 0 Å². The van der Waals surface area contributed by atoms with Crippen LogP contribution < -0.4 is 19.5 Å². The maximum absolute atomic E-state index is 12.8. The van der Waals surface area contributed by atoms with Gasteiger partial charge in [-0.2, -0.15) is 0 Å². The molecule has 0 radical (unpaired) electrons. The van der Waals surface area contributed by atoms with Crippen molar-refractivity contribution < 1.29 is 23.8 Å². The fourth-order valence-electron chi connectivity index (χ4n) is 3.81. The van der Waals surface area contributed by atoms with Crippen LogP contribution >= 0.6 is 12.2 Å². The molecule has 0 aliphatic carbocycles. The highest BCUT2D eigenvalue weighted by atomic mass is 32.1. The molecule has 1 unspecified atom stereocenters. The molecule has 1 fully saturated rings. The largest absolute Gasteiger partial charge is 0.494 e. The Hall–Kier alpha value is -3.33. The van der Waals surface area contributed by atoms with Crippen LogP contribution in [0.4, 0.5) is 5.69 Å². The molecule has 8 nitrogen and oxygen atoms in total. The van der Waals surface area contributed by atoms with E-state index in [0.717, 1.165) is 23.5 Å². The van der Waals surface area contributed by atoms with Gasteiger partial charge in [-0.25, -0.2) is 0 Å². The highest BCUT2D eigenvalue weighted by molar-refractivity contribution is 7.80. The van der Waals surface area contributed by atoms with Crippen molar-refractivity contribution in [1.29, 1.82) is 0 Å². The van der Waals surface area contributed by atoms with Crippen molar-refractivity contribution in [3.8, 4) is 17.2 Å². The number of rotatable bonds is 9. The van der Waals surface area contributed by atoms with Gasteiger partial charge in [0, 0.05) is 19.3 Å². The second-order valence-electron chi connectivity index (χ2n) is 7.95. The summed E-state index contributed by atoms with van der Waals surface area (Å²) in [6.45, 7) is 3.42. The average Bonchev–Trinajstić information content (AvgIpc) is 3.36. The van der Waals surface area contributed by atoms with E-state index < -0.39 is 6.04 Å². The molecule has 33 heavy (non-hydrogen) atoms. The summed E-state index contributed by atoms with van der Waals surface area (Å²) >= 11 is 5.48. The zero-order valence-corrected chi connectivity index (χ0v) is 19.5. The lowest BCUT2D eigenvalue weighted by Gasteiger charge is -2.23. The number of anilines is 1. The summed E-state index contributed by atoms with van der Waals surface area (Å²) in [7, 11) is 1.64. The Morgan fingerprint density at radius 3 is 2.70 bits per heavy atom. The third kappa shape index (κ3) is 5.19. The highest BCUT2D eigenvalue weighted by Crippen LogP contribution is 2.33. The second kappa shape index (κ2) is 10.1. The van der Waals surface area contributed by atoms with Gasteiger partial charge >= 0.3 is 0 Å². The zero-order chi connectivity index (χ0) is 23.4. The molecule has 1 N–H and O–H groups in total. The summed E-state index contributed by atoms with van der Waals surface area (Å²) in [5.41, 5.74) is 1.69. The molecule has 0 bridgehead atoms. The monoisotopic (exact) mass is 469 g/mol. The van der Waals surface area contributed by atoms with E-state index in [0.29, 0.717) is 36.1 Å². The molecule has 0 aromatic heterocycles. The Morgan fingerprint density at radius 2 is 1.94 bits per heavy atom. The van der Waals surface area contributed by atoms with Crippen molar-refractivity contribution in [3.05, 3.63) is 48.0 Å². The Balaban J connectivity index is 1.37. The van der Waals surface area contributed by atoms with Gasteiger partial charge in [-0.3, -0.25) is 14.5 Å². The molecule has 2 aliphatic heterocycles. The SMILES string of the molecule is CCCOc1ccc(NC(=O)CC2C(=O)N(C)C(=S)N2CCc2ccc3c(c2)OCO3)cc1. The Morgan fingerprint density at radius 1 is 1.18 bits per heavy atom. The molecule has 2 amide bonds. The predicted molar refractivity (Wildman–Crippen MR) is 128 cm³/mol. The van der Waals surface area contributed by atoms with Crippen LogP contribution in [-0.4, -0.2) is 59.8 Å². The fourth-order valence-corrected chi connectivity index (χ4v) is 4.12. The number of nitrogens with one attached hydrogen (secondary N) is 1. The molecule has 4 rings (SSSR count). The summed E-state index contributed by atoms with van der Waals surface area (Å²) in [5.74, 6) is 1.77. The van der Waals surface area contributed by atoms with Gasteiger partial charge in [0.05, 0.1) is 13.0 Å². The number of amides is 2.